The van der Waals surface area contributed by atoms with E-state index in [0.29, 0.717) is 17.0 Å². The van der Waals surface area contributed by atoms with E-state index in [-0.39, 0.29) is 28.0 Å². The quantitative estimate of drug-likeness (QED) is 0.223. The molecule has 0 aliphatic rings. The molecule has 1 heterocycles. The second-order valence-electron chi connectivity index (χ2n) is 6.86. The molecule has 3 aromatic carbocycles. The van der Waals surface area contributed by atoms with Crippen molar-refractivity contribution in [3.63, 3.8) is 0 Å². The van der Waals surface area contributed by atoms with E-state index >= 15 is 0 Å². The number of nitro benzene ring substituents is 1. The lowest BCUT2D eigenvalue weighted by Gasteiger charge is -2.10. The third-order valence-corrected chi connectivity index (χ3v) is 4.83. The van der Waals surface area contributed by atoms with Gasteiger partial charge in [-0.25, -0.2) is 0 Å². The molecular formula is C23H16N4O5S. The predicted molar refractivity (Wildman–Crippen MR) is 127 cm³/mol. The van der Waals surface area contributed by atoms with Gasteiger partial charge in [-0.2, -0.15) is 0 Å². The number of fused-ring (bicyclic) bond motifs is 1. The topological polar surface area (TPSA) is 127 Å². The van der Waals surface area contributed by atoms with Crippen LogP contribution in [0.4, 0.5) is 17.1 Å². The maximum Gasteiger partial charge on any atom is 0.291 e. The van der Waals surface area contributed by atoms with Crippen molar-refractivity contribution in [1.82, 2.24) is 5.32 Å². The van der Waals surface area contributed by atoms with Gasteiger partial charge in [0.2, 0.25) is 0 Å². The molecule has 0 aliphatic heterocycles. The van der Waals surface area contributed by atoms with E-state index in [1.54, 1.807) is 36.4 Å². The number of nitrogens with zero attached hydrogens (tertiary/aromatic N) is 1. The fourth-order valence-corrected chi connectivity index (χ4v) is 3.29. The van der Waals surface area contributed by atoms with Crippen LogP contribution in [0.5, 0.6) is 0 Å². The molecule has 164 valence electrons. The minimum Gasteiger partial charge on any atom is -0.451 e. The molecule has 0 aliphatic carbocycles. The van der Waals surface area contributed by atoms with E-state index in [1.807, 2.05) is 18.2 Å². The van der Waals surface area contributed by atoms with Crippen molar-refractivity contribution in [2.45, 2.75) is 0 Å². The lowest BCUT2D eigenvalue weighted by Crippen LogP contribution is -2.34. The molecule has 4 aromatic rings. The third-order valence-electron chi connectivity index (χ3n) is 4.62. The van der Waals surface area contributed by atoms with Gasteiger partial charge in [0.05, 0.1) is 4.92 Å². The first-order valence-corrected chi connectivity index (χ1v) is 10.1. The minimum atomic E-state index is -0.700. The SMILES string of the molecule is O=C(Nc1ccc(NC(=S)NC(=O)c2ccccc2[N+](=O)[O-])cc1)c1cc2ccccc2o1. The number of hydrogen-bond acceptors (Lipinski definition) is 6. The molecule has 2 amide bonds. The van der Waals surface area contributed by atoms with Crippen LogP contribution in [0.3, 0.4) is 0 Å². The fourth-order valence-electron chi connectivity index (χ4n) is 3.08. The molecule has 3 N–H and O–H groups in total. The highest BCUT2D eigenvalue weighted by molar-refractivity contribution is 7.80. The largest absolute Gasteiger partial charge is 0.451 e. The van der Waals surface area contributed by atoms with Crippen LogP contribution in [0.1, 0.15) is 20.9 Å². The Morgan fingerprint density at radius 2 is 1.48 bits per heavy atom. The van der Waals surface area contributed by atoms with Gasteiger partial charge in [0, 0.05) is 22.8 Å². The summed E-state index contributed by atoms with van der Waals surface area (Å²) >= 11 is 5.12. The maximum atomic E-state index is 12.4. The summed E-state index contributed by atoms with van der Waals surface area (Å²) in [5.74, 6) is -0.897. The summed E-state index contributed by atoms with van der Waals surface area (Å²) in [6.07, 6.45) is 0. The third kappa shape index (κ3) is 5.02. The first-order valence-electron chi connectivity index (χ1n) is 9.66. The normalized spacial score (nSPS) is 10.4. The first kappa shape index (κ1) is 21.7. The summed E-state index contributed by atoms with van der Waals surface area (Å²) in [6, 6.07) is 21.2. The van der Waals surface area contributed by atoms with Crippen LogP contribution in [0.25, 0.3) is 11.0 Å². The van der Waals surface area contributed by atoms with Crippen LogP contribution in [0, 0.1) is 10.1 Å². The van der Waals surface area contributed by atoms with Crippen molar-refractivity contribution >= 4 is 57.2 Å². The Bertz CT molecular complexity index is 1350. The van der Waals surface area contributed by atoms with E-state index < -0.39 is 10.8 Å². The molecule has 0 bridgehead atoms. The zero-order valence-corrected chi connectivity index (χ0v) is 17.7. The Labute approximate surface area is 192 Å². The number of rotatable bonds is 5. The van der Waals surface area contributed by atoms with Gasteiger partial charge < -0.3 is 15.1 Å². The van der Waals surface area contributed by atoms with Crippen LogP contribution >= 0.6 is 12.2 Å². The standard InChI is InChI=1S/C23H16N4O5S/c28-21(17-6-2-3-7-18(17)27(30)31)26-23(33)25-16-11-9-15(10-12-16)24-22(29)20-13-14-5-1-4-8-19(14)32-20/h1-13H,(H,24,29)(H2,25,26,28,33). The summed E-state index contributed by atoms with van der Waals surface area (Å²) in [6.45, 7) is 0. The van der Waals surface area contributed by atoms with Gasteiger partial charge in [-0.05, 0) is 54.7 Å². The second-order valence-corrected chi connectivity index (χ2v) is 7.27. The van der Waals surface area contributed by atoms with Crippen LogP contribution in [-0.2, 0) is 0 Å². The van der Waals surface area contributed by atoms with Gasteiger partial charge in [0.15, 0.2) is 10.9 Å². The average Bonchev–Trinajstić information content (AvgIpc) is 3.25. The number of benzene rings is 3. The van der Waals surface area contributed by atoms with E-state index in [1.165, 1.54) is 24.3 Å². The molecular weight excluding hydrogens is 444 g/mol. The van der Waals surface area contributed by atoms with Gasteiger partial charge in [-0.1, -0.05) is 30.3 Å². The highest BCUT2D eigenvalue weighted by Gasteiger charge is 2.20. The Balaban J connectivity index is 1.36. The zero-order valence-electron chi connectivity index (χ0n) is 16.9. The van der Waals surface area contributed by atoms with E-state index in [0.717, 1.165) is 5.39 Å². The molecule has 0 unspecified atom stereocenters. The summed E-state index contributed by atoms with van der Waals surface area (Å²) in [4.78, 5) is 35.2. The molecule has 9 nitrogen and oxygen atoms in total. The molecule has 4 rings (SSSR count). The lowest BCUT2D eigenvalue weighted by atomic mass is 10.1. The molecule has 0 atom stereocenters. The number of carbonyl (C=O) groups is 2. The minimum absolute atomic E-state index is 0.0304. The van der Waals surface area contributed by atoms with E-state index in [9.17, 15) is 19.7 Å². The number of anilines is 2. The smallest absolute Gasteiger partial charge is 0.291 e. The van der Waals surface area contributed by atoms with Crippen molar-refractivity contribution in [1.29, 1.82) is 0 Å². The highest BCUT2D eigenvalue weighted by Crippen LogP contribution is 2.21. The molecule has 10 heteroatoms. The molecule has 1 aromatic heterocycles. The fraction of sp³-hybridized carbons (Fsp3) is 0. The van der Waals surface area contributed by atoms with Crippen LogP contribution < -0.4 is 16.0 Å². The Morgan fingerprint density at radius 3 is 2.18 bits per heavy atom. The van der Waals surface area contributed by atoms with Gasteiger partial charge in [0.1, 0.15) is 11.1 Å². The van der Waals surface area contributed by atoms with E-state index in [2.05, 4.69) is 16.0 Å². The molecule has 33 heavy (non-hydrogen) atoms. The number of nitro groups is 1. The monoisotopic (exact) mass is 460 g/mol. The van der Waals surface area contributed by atoms with Crippen LogP contribution in [-0.4, -0.2) is 21.9 Å². The van der Waals surface area contributed by atoms with Crippen molar-refractivity contribution < 1.29 is 18.9 Å². The molecule has 0 spiro atoms. The number of carbonyl (C=O) groups excluding carboxylic acids is 2. The first-order chi connectivity index (χ1) is 15.9. The second kappa shape index (κ2) is 9.28. The number of amides is 2. The van der Waals surface area contributed by atoms with Gasteiger partial charge in [-0.15, -0.1) is 0 Å². The molecule has 0 radical (unpaired) electrons. The van der Waals surface area contributed by atoms with Gasteiger partial charge in [-0.3, -0.25) is 25.0 Å². The van der Waals surface area contributed by atoms with Crippen molar-refractivity contribution in [3.05, 3.63) is 100 Å². The van der Waals surface area contributed by atoms with Gasteiger partial charge in [0.25, 0.3) is 17.5 Å². The summed E-state index contributed by atoms with van der Waals surface area (Å²) < 4.78 is 5.55. The Kier molecular flexibility index (Phi) is 6.09. The average molecular weight is 460 g/mol. The molecule has 0 fully saturated rings. The highest BCUT2D eigenvalue weighted by atomic mass is 32.1. The van der Waals surface area contributed by atoms with Crippen LogP contribution in [0.15, 0.2) is 83.3 Å². The van der Waals surface area contributed by atoms with Crippen molar-refractivity contribution in [3.8, 4) is 0 Å². The number of thiocarbonyl (C=S) groups is 1. The predicted octanol–water partition coefficient (Wildman–Crippen LogP) is 4.72. The Morgan fingerprint density at radius 1 is 0.848 bits per heavy atom. The zero-order chi connectivity index (χ0) is 23.4. The lowest BCUT2D eigenvalue weighted by molar-refractivity contribution is -0.385. The summed E-state index contributed by atoms with van der Waals surface area (Å²) in [5.41, 5.74) is 1.28. The molecule has 0 saturated heterocycles. The number of hydrogen-bond donors (Lipinski definition) is 3. The van der Waals surface area contributed by atoms with Gasteiger partial charge >= 0.3 is 0 Å². The number of nitrogens with one attached hydrogen (secondary N) is 3. The number of furan rings is 1. The Hall–Kier alpha value is -4.57. The summed E-state index contributed by atoms with van der Waals surface area (Å²) in [7, 11) is 0. The maximum absolute atomic E-state index is 12.4. The number of para-hydroxylation sites is 2. The van der Waals surface area contributed by atoms with Crippen LogP contribution in [0.2, 0.25) is 0 Å². The van der Waals surface area contributed by atoms with Crippen molar-refractivity contribution in [2.24, 2.45) is 0 Å². The van der Waals surface area contributed by atoms with Crippen molar-refractivity contribution in [2.75, 3.05) is 10.6 Å². The van der Waals surface area contributed by atoms with E-state index in [4.69, 9.17) is 16.6 Å². The summed E-state index contributed by atoms with van der Waals surface area (Å²) in [5, 5.41) is 19.9. The molecule has 0 saturated carbocycles.